The van der Waals surface area contributed by atoms with Gasteiger partial charge in [-0.1, -0.05) is 25.5 Å². The summed E-state index contributed by atoms with van der Waals surface area (Å²) in [6.07, 6.45) is 3.29. The van der Waals surface area contributed by atoms with E-state index in [2.05, 4.69) is 52.1 Å². The molecule has 0 atom stereocenters. The van der Waals surface area contributed by atoms with Crippen molar-refractivity contribution in [2.75, 3.05) is 52.4 Å². The van der Waals surface area contributed by atoms with Gasteiger partial charge in [0, 0.05) is 52.7 Å². The third kappa shape index (κ3) is 10.6. The van der Waals surface area contributed by atoms with E-state index in [1.165, 1.54) is 12.0 Å². The Bertz CT molecular complexity index is 463. The number of hydrogen-bond donors (Lipinski definition) is 3. The van der Waals surface area contributed by atoms with Crippen LogP contribution in [0.2, 0.25) is 0 Å². The summed E-state index contributed by atoms with van der Waals surface area (Å²) >= 11 is 0. The largest absolute Gasteiger partial charge is 0.383 e. The number of hydrogen-bond acceptors (Lipinski definition) is 4. The number of ether oxygens (including phenoxy) is 2. The molecule has 6 heteroatoms. The van der Waals surface area contributed by atoms with Crippen LogP contribution >= 0.6 is 0 Å². The van der Waals surface area contributed by atoms with Crippen molar-refractivity contribution in [1.29, 1.82) is 0 Å². The summed E-state index contributed by atoms with van der Waals surface area (Å²) in [5, 5.41) is 9.94. The summed E-state index contributed by atoms with van der Waals surface area (Å²) in [7, 11) is 3.49. The third-order valence-electron chi connectivity index (χ3n) is 3.67. The van der Waals surface area contributed by atoms with Gasteiger partial charge in [-0.15, -0.1) is 0 Å². The van der Waals surface area contributed by atoms with Crippen molar-refractivity contribution < 1.29 is 9.47 Å². The Morgan fingerprint density at radius 3 is 2.44 bits per heavy atom. The summed E-state index contributed by atoms with van der Waals surface area (Å²) in [6, 6.07) is 8.38. The molecule has 142 valence electrons. The van der Waals surface area contributed by atoms with E-state index in [0.717, 1.165) is 57.3 Å². The smallest absolute Gasteiger partial charge is 0.191 e. The normalized spacial score (nSPS) is 11.4. The minimum Gasteiger partial charge on any atom is -0.383 e. The highest BCUT2D eigenvalue weighted by Crippen LogP contribution is 2.08. The molecule has 0 aliphatic carbocycles. The molecule has 0 fully saturated rings. The highest BCUT2D eigenvalue weighted by Gasteiger charge is 1.99. The number of guanidine groups is 1. The molecule has 0 aliphatic heterocycles. The number of benzene rings is 1. The molecule has 1 aromatic rings. The van der Waals surface area contributed by atoms with E-state index in [4.69, 9.17) is 9.47 Å². The first-order valence-corrected chi connectivity index (χ1v) is 9.14. The average molecular weight is 351 g/mol. The molecule has 3 N–H and O–H groups in total. The predicted octanol–water partition coefficient (Wildman–Crippen LogP) is 2.62. The zero-order valence-corrected chi connectivity index (χ0v) is 15.9. The monoisotopic (exact) mass is 350 g/mol. The van der Waals surface area contributed by atoms with Crippen LogP contribution in [0.4, 0.5) is 5.69 Å². The molecule has 0 saturated heterocycles. The van der Waals surface area contributed by atoms with E-state index in [9.17, 15) is 0 Å². The quantitative estimate of drug-likeness (QED) is 0.290. The van der Waals surface area contributed by atoms with E-state index in [1.807, 2.05) is 0 Å². The summed E-state index contributed by atoms with van der Waals surface area (Å²) < 4.78 is 10.6. The fourth-order valence-electron chi connectivity index (χ4n) is 2.17. The molecule has 0 aliphatic rings. The lowest BCUT2D eigenvalue weighted by molar-refractivity contribution is 0.129. The Labute approximate surface area is 152 Å². The third-order valence-corrected chi connectivity index (χ3v) is 3.67. The van der Waals surface area contributed by atoms with Crippen LogP contribution in [0.1, 0.15) is 31.7 Å². The van der Waals surface area contributed by atoms with Crippen LogP contribution < -0.4 is 16.0 Å². The van der Waals surface area contributed by atoms with Gasteiger partial charge in [0.1, 0.15) is 0 Å². The first kappa shape index (κ1) is 21.3. The second-order valence-electron chi connectivity index (χ2n) is 5.79. The molecule has 1 aromatic carbocycles. The Morgan fingerprint density at radius 2 is 1.76 bits per heavy atom. The van der Waals surface area contributed by atoms with Crippen LogP contribution in [0, 0.1) is 0 Å². The van der Waals surface area contributed by atoms with E-state index >= 15 is 0 Å². The molecule has 0 spiro atoms. The number of nitrogens with one attached hydrogen (secondary N) is 3. The van der Waals surface area contributed by atoms with Crippen molar-refractivity contribution in [1.82, 2.24) is 10.6 Å². The first-order valence-electron chi connectivity index (χ1n) is 9.14. The molecule has 0 saturated carbocycles. The predicted molar refractivity (Wildman–Crippen MR) is 105 cm³/mol. The van der Waals surface area contributed by atoms with Gasteiger partial charge in [0.15, 0.2) is 5.96 Å². The lowest BCUT2D eigenvalue weighted by Crippen LogP contribution is -2.37. The van der Waals surface area contributed by atoms with Crippen LogP contribution in [0.15, 0.2) is 29.3 Å². The molecule has 0 unspecified atom stereocenters. The Morgan fingerprint density at radius 1 is 1.00 bits per heavy atom. The number of nitrogens with zero attached hydrogens (tertiary/aromatic N) is 1. The second kappa shape index (κ2) is 14.5. The molecule has 1 rings (SSSR count). The van der Waals surface area contributed by atoms with Gasteiger partial charge in [0.25, 0.3) is 0 Å². The Balaban J connectivity index is 2.19. The molecule has 6 nitrogen and oxygen atoms in total. The molecular weight excluding hydrogens is 316 g/mol. The van der Waals surface area contributed by atoms with Gasteiger partial charge in [-0.05, 0) is 30.5 Å². The molecule has 25 heavy (non-hydrogen) atoms. The van der Waals surface area contributed by atoms with Crippen LogP contribution in [0.25, 0.3) is 0 Å². The lowest BCUT2D eigenvalue weighted by Gasteiger charge is -2.12. The number of rotatable bonds is 13. The lowest BCUT2D eigenvalue weighted by atomic mass is 10.2. The van der Waals surface area contributed by atoms with Crippen molar-refractivity contribution in [2.45, 2.75) is 32.7 Å². The first-order chi connectivity index (χ1) is 12.3. The fourth-order valence-corrected chi connectivity index (χ4v) is 2.17. The average Bonchev–Trinajstić information content (AvgIpc) is 2.64. The summed E-state index contributed by atoms with van der Waals surface area (Å²) in [5.41, 5.74) is 2.31. The highest BCUT2D eigenvalue weighted by molar-refractivity contribution is 5.79. The van der Waals surface area contributed by atoms with Crippen LogP contribution in [0.3, 0.4) is 0 Å². The van der Waals surface area contributed by atoms with Gasteiger partial charge in [-0.3, -0.25) is 4.99 Å². The zero-order valence-electron chi connectivity index (χ0n) is 15.9. The molecule has 0 aromatic heterocycles. The maximum atomic E-state index is 5.55. The van der Waals surface area contributed by atoms with Gasteiger partial charge < -0.3 is 25.4 Å². The van der Waals surface area contributed by atoms with E-state index in [1.54, 1.807) is 14.2 Å². The van der Waals surface area contributed by atoms with E-state index in [0.29, 0.717) is 6.61 Å². The van der Waals surface area contributed by atoms with Gasteiger partial charge in [-0.2, -0.15) is 0 Å². The molecule has 0 bridgehead atoms. The number of methoxy groups -OCH3 is 1. The van der Waals surface area contributed by atoms with E-state index < -0.39 is 0 Å². The standard InChI is InChI=1S/C19H34N4O2/c1-4-5-13-25-14-6-11-22-19(20-2)23-16-17-7-9-18(10-8-17)21-12-15-24-3/h7-10,21H,4-6,11-16H2,1-3H3,(H2,20,22,23). The number of unbranched alkanes of at least 4 members (excludes halogenated alkanes) is 1. The number of aliphatic imine (C=N–C) groups is 1. The Kier molecular flexibility index (Phi) is 12.4. The second-order valence-corrected chi connectivity index (χ2v) is 5.79. The topological polar surface area (TPSA) is 66.9 Å². The van der Waals surface area contributed by atoms with Gasteiger partial charge in [-0.25, -0.2) is 0 Å². The molecule has 0 amide bonds. The Hall–Kier alpha value is -1.79. The van der Waals surface area contributed by atoms with Gasteiger partial charge in [0.05, 0.1) is 6.61 Å². The van der Waals surface area contributed by atoms with E-state index in [-0.39, 0.29) is 0 Å². The van der Waals surface area contributed by atoms with Crippen LogP contribution in [-0.2, 0) is 16.0 Å². The molecule has 0 radical (unpaired) electrons. The van der Waals surface area contributed by atoms with Crippen molar-refractivity contribution in [3.63, 3.8) is 0 Å². The van der Waals surface area contributed by atoms with Crippen LogP contribution in [-0.4, -0.2) is 53.0 Å². The van der Waals surface area contributed by atoms with Crippen molar-refractivity contribution in [2.24, 2.45) is 4.99 Å². The zero-order chi connectivity index (χ0) is 18.2. The van der Waals surface area contributed by atoms with Crippen molar-refractivity contribution >= 4 is 11.6 Å². The SMILES string of the molecule is CCCCOCCCNC(=NC)NCc1ccc(NCCOC)cc1. The maximum Gasteiger partial charge on any atom is 0.191 e. The summed E-state index contributed by atoms with van der Waals surface area (Å²) in [5.74, 6) is 0.816. The summed E-state index contributed by atoms with van der Waals surface area (Å²) in [4.78, 5) is 4.25. The summed E-state index contributed by atoms with van der Waals surface area (Å²) in [6.45, 7) is 6.94. The number of anilines is 1. The van der Waals surface area contributed by atoms with Crippen LogP contribution in [0.5, 0.6) is 0 Å². The van der Waals surface area contributed by atoms with Gasteiger partial charge in [0.2, 0.25) is 0 Å². The van der Waals surface area contributed by atoms with Crippen molar-refractivity contribution in [3.05, 3.63) is 29.8 Å². The maximum absolute atomic E-state index is 5.55. The highest BCUT2D eigenvalue weighted by atomic mass is 16.5. The fraction of sp³-hybridized carbons (Fsp3) is 0.632. The van der Waals surface area contributed by atoms with Gasteiger partial charge >= 0.3 is 0 Å². The molecular formula is C19H34N4O2. The molecule has 0 heterocycles. The minimum absolute atomic E-state index is 0.703. The van der Waals surface area contributed by atoms with Crippen molar-refractivity contribution in [3.8, 4) is 0 Å². The minimum atomic E-state index is 0.703.